The summed E-state index contributed by atoms with van der Waals surface area (Å²) in [5.74, 6) is 1.44. The molecule has 4 fully saturated rings. The fourth-order valence-electron chi connectivity index (χ4n) is 6.69. The number of hydrogen-bond acceptors (Lipinski definition) is 3. The summed E-state index contributed by atoms with van der Waals surface area (Å²) in [6.45, 7) is 7.62. The Kier molecular flexibility index (Phi) is 6.33. The van der Waals surface area contributed by atoms with Crippen molar-refractivity contribution in [2.45, 2.75) is 72.3 Å². The molecular formula is C26H37N3O3. The third kappa shape index (κ3) is 4.55. The van der Waals surface area contributed by atoms with Crippen molar-refractivity contribution >= 4 is 23.4 Å². The van der Waals surface area contributed by atoms with Crippen LogP contribution in [0.2, 0.25) is 0 Å². The number of benzene rings is 1. The van der Waals surface area contributed by atoms with E-state index in [1.807, 2.05) is 45.9 Å². The van der Waals surface area contributed by atoms with Gasteiger partial charge in [-0.2, -0.15) is 0 Å². The Hall–Kier alpha value is -2.37. The number of hydrogen-bond donors (Lipinski definition) is 3. The van der Waals surface area contributed by atoms with Gasteiger partial charge in [-0.1, -0.05) is 32.0 Å². The Morgan fingerprint density at radius 2 is 1.50 bits per heavy atom. The Bertz CT molecular complexity index is 852. The van der Waals surface area contributed by atoms with E-state index in [9.17, 15) is 14.4 Å². The lowest BCUT2D eigenvalue weighted by atomic mass is 9.49. The van der Waals surface area contributed by atoms with E-state index < -0.39 is 6.04 Å². The van der Waals surface area contributed by atoms with Gasteiger partial charge in [-0.15, -0.1) is 0 Å². The molecule has 0 heterocycles. The second-order valence-corrected chi connectivity index (χ2v) is 10.9. The Balaban J connectivity index is 1.35. The highest BCUT2D eigenvalue weighted by molar-refractivity contribution is 5.97. The Morgan fingerprint density at radius 3 is 2.00 bits per heavy atom. The molecule has 4 saturated carbocycles. The van der Waals surface area contributed by atoms with Crippen LogP contribution in [0.3, 0.4) is 0 Å². The number of nitrogens with one attached hydrogen (secondary N) is 3. The molecule has 0 radical (unpaired) electrons. The Labute approximate surface area is 191 Å². The van der Waals surface area contributed by atoms with Crippen LogP contribution in [-0.4, -0.2) is 30.3 Å². The first kappa shape index (κ1) is 22.8. The second-order valence-electron chi connectivity index (χ2n) is 10.9. The number of rotatable bonds is 7. The van der Waals surface area contributed by atoms with E-state index in [-0.39, 0.29) is 35.6 Å². The van der Waals surface area contributed by atoms with Crippen LogP contribution < -0.4 is 16.0 Å². The third-order valence-corrected chi connectivity index (χ3v) is 7.92. The number of carbonyl (C=O) groups is 3. The molecule has 0 aromatic heterocycles. The zero-order valence-electron chi connectivity index (χ0n) is 19.8. The average Bonchev–Trinajstić information content (AvgIpc) is 2.71. The Morgan fingerprint density at radius 1 is 0.969 bits per heavy atom. The standard InChI is InChI=1S/C26H37N3O3/c1-15(2)22(24(31)27-14-21(30)28-23-16(3)6-5-7-17(23)4)29-25(32)26-11-18-8-19(12-26)10-20(9-18)13-26/h5-7,15,18-20,22H,8-14H2,1-4H3,(H,27,31)(H,28,30)(H,29,32). The topological polar surface area (TPSA) is 87.3 Å². The molecule has 0 saturated heterocycles. The minimum absolute atomic E-state index is 0.0467. The van der Waals surface area contributed by atoms with Crippen LogP contribution in [-0.2, 0) is 14.4 Å². The van der Waals surface area contributed by atoms with Gasteiger partial charge in [-0.25, -0.2) is 0 Å². The van der Waals surface area contributed by atoms with Gasteiger partial charge in [0.15, 0.2) is 0 Å². The first-order valence-corrected chi connectivity index (χ1v) is 12.1. The van der Waals surface area contributed by atoms with Gasteiger partial charge in [0.25, 0.3) is 0 Å². The minimum Gasteiger partial charge on any atom is -0.345 e. The molecule has 1 aromatic rings. The van der Waals surface area contributed by atoms with E-state index in [1.54, 1.807) is 0 Å². The fraction of sp³-hybridized carbons (Fsp3) is 0.654. The maximum absolute atomic E-state index is 13.4. The van der Waals surface area contributed by atoms with Gasteiger partial charge in [-0.05, 0) is 87.2 Å². The van der Waals surface area contributed by atoms with Crippen LogP contribution in [0.5, 0.6) is 0 Å². The van der Waals surface area contributed by atoms with Crippen LogP contribution in [0.4, 0.5) is 5.69 Å². The van der Waals surface area contributed by atoms with Gasteiger partial charge >= 0.3 is 0 Å². The lowest BCUT2D eigenvalue weighted by Gasteiger charge is -2.55. The predicted octanol–water partition coefficient (Wildman–Crippen LogP) is 3.72. The summed E-state index contributed by atoms with van der Waals surface area (Å²) in [6.07, 6.45) is 6.72. The van der Waals surface area contributed by atoms with Gasteiger partial charge in [0.1, 0.15) is 6.04 Å². The first-order valence-electron chi connectivity index (χ1n) is 12.1. The lowest BCUT2D eigenvalue weighted by molar-refractivity contribution is -0.149. The lowest BCUT2D eigenvalue weighted by Crippen LogP contribution is -2.58. The van der Waals surface area contributed by atoms with Crippen LogP contribution in [0.15, 0.2) is 18.2 Å². The SMILES string of the molecule is Cc1cccc(C)c1NC(=O)CNC(=O)C(NC(=O)C12CC3CC(CC(C3)C1)C2)C(C)C. The largest absolute Gasteiger partial charge is 0.345 e. The van der Waals surface area contributed by atoms with Crippen molar-refractivity contribution in [2.24, 2.45) is 29.1 Å². The van der Waals surface area contributed by atoms with Crippen LogP contribution in [0, 0.1) is 42.9 Å². The summed E-state index contributed by atoms with van der Waals surface area (Å²) in [4.78, 5) is 38.8. The molecule has 4 aliphatic rings. The number of carbonyl (C=O) groups excluding carboxylic acids is 3. The highest BCUT2D eigenvalue weighted by Gasteiger charge is 2.55. The zero-order chi connectivity index (χ0) is 23.0. The molecule has 32 heavy (non-hydrogen) atoms. The summed E-state index contributed by atoms with van der Waals surface area (Å²) >= 11 is 0. The molecule has 3 N–H and O–H groups in total. The first-order chi connectivity index (χ1) is 15.2. The molecule has 0 aliphatic heterocycles. The van der Waals surface area contributed by atoms with Crippen molar-refractivity contribution in [1.29, 1.82) is 0 Å². The van der Waals surface area contributed by atoms with Crippen molar-refractivity contribution in [3.8, 4) is 0 Å². The molecule has 6 heteroatoms. The highest BCUT2D eigenvalue weighted by Crippen LogP contribution is 2.60. The van der Waals surface area contributed by atoms with Gasteiger partial charge < -0.3 is 16.0 Å². The van der Waals surface area contributed by atoms with Crippen LogP contribution in [0.1, 0.15) is 63.5 Å². The van der Waals surface area contributed by atoms with Crippen molar-refractivity contribution in [1.82, 2.24) is 10.6 Å². The van der Waals surface area contributed by atoms with Crippen molar-refractivity contribution in [2.75, 3.05) is 11.9 Å². The third-order valence-electron chi connectivity index (χ3n) is 7.92. The molecule has 4 aliphatic carbocycles. The molecule has 3 amide bonds. The summed E-state index contributed by atoms with van der Waals surface area (Å²) < 4.78 is 0. The molecule has 1 unspecified atom stereocenters. The van der Waals surface area contributed by atoms with E-state index >= 15 is 0 Å². The fourth-order valence-corrected chi connectivity index (χ4v) is 6.69. The number of aryl methyl sites for hydroxylation is 2. The van der Waals surface area contributed by atoms with E-state index in [4.69, 9.17) is 0 Å². The van der Waals surface area contributed by atoms with Crippen molar-refractivity contribution in [3.63, 3.8) is 0 Å². The summed E-state index contributed by atoms with van der Waals surface area (Å²) in [5, 5.41) is 8.71. The van der Waals surface area contributed by atoms with E-state index in [0.29, 0.717) is 17.8 Å². The molecule has 5 rings (SSSR count). The number of para-hydroxylation sites is 1. The van der Waals surface area contributed by atoms with Crippen LogP contribution in [0.25, 0.3) is 0 Å². The van der Waals surface area contributed by atoms with E-state index in [2.05, 4.69) is 16.0 Å². The molecule has 1 atom stereocenters. The normalized spacial score (nSPS) is 29.0. The summed E-state index contributed by atoms with van der Waals surface area (Å²) in [7, 11) is 0. The highest BCUT2D eigenvalue weighted by atomic mass is 16.2. The molecule has 6 nitrogen and oxygen atoms in total. The number of amides is 3. The minimum atomic E-state index is -0.636. The molecular weight excluding hydrogens is 402 g/mol. The molecule has 0 spiro atoms. The van der Waals surface area contributed by atoms with Crippen molar-refractivity contribution < 1.29 is 14.4 Å². The van der Waals surface area contributed by atoms with Gasteiger partial charge in [0.2, 0.25) is 17.7 Å². The van der Waals surface area contributed by atoms with E-state index in [1.165, 1.54) is 19.3 Å². The molecule has 174 valence electrons. The zero-order valence-corrected chi connectivity index (χ0v) is 19.8. The maximum Gasteiger partial charge on any atom is 0.243 e. The second kappa shape index (κ2) is 8.87. The van der Waals surface area contributed by atoms with E-state index in [0.717, 1.165) is 36.1 Å². The van der Waals surface area contributed by atoms with Gasteiger partial charge in [-0.3, -0.25) is 14.4 Å². The summed E-state index contributed by atoms with van der Waals surface area (Å²) in [6, 6.07) is 5.19. The van der Waals surface area contributed by atoms with Gasteiger partial charge in [0, 0.05) is 11.1 Å². The number of anilines is 1. The van der Waals surface area contributed by atoms with Crippen molar-refractivity contribution in [3.05, 3.63) is 29.3 Å². The summed E-state index contributed by atoms with van der Waals surface area (Å²) in [5.41, 5.74) is 2.45. The van der Waals surface area contributed by atoms with Crippen LogP contribution >= 0.6 is 0 Å². The molecule has 4 bridgehead atoms. The predicted molar refractivity (Wildman–Crippen MR) is 125 cm³/mol. The smallest absolute Gasteiger partial charge is 0.243 e. The van der Waals surface area contributed by atoms with Gasteiger partial charge in [0.05, 0.1) is 6.54 Å². The molecule has 1 aromatic carbocycles. The average molecular weight is 440 g/mol. The maximum atomic E-state index is 13.4. The quantitative estimate of drug-likeness (QED) is 0.605. The monoisotopic (exact) mass is 439 g/mol.